The van der Waals surface area contributed by atoms with Gasteiger partial charge in [0.25, 0.3) is 8.32 Å². The lowest BCUT2D eigenvalue weighted by atomic mass is 10.1. The number of ether oxygens (including phenoxy) is 3. The lowest BCUT2D eigenvalue weighted by Crippen LogP contribution is -2.67. The molecule has 4 atom stereocenters. The van der Waals surface area contributed by atoms with E-state index in [-0.39, 0.29) is 29.5 Å². The van der Waals surface area contributed by atoms with Crippen molar-refractivity contribution in [3.8, 4) is 0 Å². The number of fused-ring (bicyclic) bond motifs is 1. The molecule has 2 aliphatic rings. The summed E-state index contributed by atoms with van der Waals surface area (Å²) in [7, 11) is -2.68. The first-order valence-electron chi connectivity index (χ1n) is 11.9. The van der Waals surface area contributed by atoms with Crippen LogP contribution in [-0.2, 0) is 23.4 Å². The average Bonchev–Trinajstić information content (AvgIpc) is 3.26. The molecule has 0 saturated carbocycles. The van der Waals surface area contributed by atoms with E-state index in [2.05, 4.69) is 69.3 Å². The zero-order valence-electron chi connectivity index (χ0n) is 20.3. The molecule has 2 saturated heterocycles. The smallest absolute Gasteiger partial charge is 0.261 e. The van der Waals surface area contributed by atoms with Crippen molar-refractivity contribution in [1.82, 2.24) is 0 Å². The maximum Gasteiger partial charge on any atom is 0.261 e. The Hall–Kier alpha value is -1.83. The van der Waals surface area contributed by atoms with Crippen molar-refractivity contribution in [2.75, 3.05) is 6.61 Å². The first kappa shape index (κ1) is 24.3. The van der Waals surface area contributed by atoms with E-state index < -0.39 is 14.1 Å². The Labute approximate surface area is 198 Å². The molecule has 2 aliphatic heterocycles. The second-order valence-electron chi connectivity index (χ2n) is 10.5. The molecule has 0 bridgehead atoms. The van der Waals surface area contributed by atoms with Gasteiger partial charge in [-0.1, -0.05) is 81.4 Å². The normalized spacial score (nSPS) is 26.8. The molecule has 0 N–H and O–H groups in total. The van der Waals surface area contributed by atoms with Crippen molar-refractivity contribution in [2.24, 2.45) is 0 Å². The van der Waals surface area contributed by atoms with Gasteiger partial charge in [-0.2, -0.15) is 0 Å². The minimum atomic E-state index is -2.68. The predicted octanol–water partition coefficient (Wildman–Crippen LogP) is 3.83. The summed E-state index contributed by atoms with van der Waals surface area (Å²) in [6, 6.07) is 21.2. The third-order valence-corrected chi connectivity index (χ3v) is 11.7. The van der Waals surface area contributed by atoms with E-state index in [1.165, 1.54) is 10.4 Å². The standard InChI is InChI=1S/C27H36O5Si/c1-26(2,3)33(20-13-8-6-9-14-20,21-15-10-7-11-16-21)29-19-23-25-24(31-27(4,5)32-25)22(30-23)17-12-18-28/h6-11,13-16,18,22-25H,12,17,19H2,1-5H3/t22-,23+,24-,25+/m0/s1. The van der Waals surface area contributed by atoms with E-state index in [0.717, 1.165) is 6.29 Å². The fourth-order valence-corrected chi connectivity index (χ4v) is 9.91. The fraction of sp³-hybridized carbons (Fsp3) is 0.519. The van der Waals surface area contributed by atoms with Crippen LogP contribution in [0.3, 0.4) is 0 Å². The molecule has 0 aromatic heterocycles. The van der Waals surface area contributed by atoms with Crippen molar-refractivity contribution in [1.29, 1.82) is 0 Å². The van der Waals surface area contributed by atoms with Crippen LogP contribution < -0.4 is 10.4 Å². The Morgan fingerprint density at radius 1 is 0.909 bits per heavy atom. The Morgan fingerprint density at radius 2 is 1.42 bits per heavy atom. The van der Waals surface area contributed by atoms with Gasteiger partial charge in [0.05, 0.1) is 12.7 Å². The second-order valence-corrected chi connectivity index (χ2v) is 14.8. The number of rotatable bonds is 8. The minimum Gasteiger partial charge on any atom is -0.405 e. The van der Waals surface area contributed by atoms with Gasteiger partial charge in [-0.25, -0.2) is 0 Å². The van der Waals surface area contributed by atoms with E-state index in [0.29, 0.717) is 19.4 Å². The van der Waals surface area contributed by atoms with Gasteiger partial charge in [0.15, 0.2) is 5.79 Å². The third-order valence-electron chi connectivity index (χ3n) is 6.70. The van der Waals surface area contributed by atoms with Crippen LogP contribution >= 0.6 is 0 Å². The second kappa shape index (κ2) is 9.43. The summed E-state index contributed by atoms with van der Waals surface area (Å²) in [6.45, 7) is 11.1. The molecule has 178 valence electrons. The van der Waals surface area contributed by atoms with Gasteiger partial charge in [0.2, 0.25) is 0 Å². The Balaban J connectivity index is 1.67. The van der Waals surface area contributed by atoms with Crippen LogP contribution in [-0.4, -0.2) is 51.4 Å². The molecule has 4 rings (SSSR count). The van der Waals surface area contributed by atoms with Gasteiger partial charge < -0.3 is 23.4 Å². The monoisotopic (exact) mass is 468 g/mol. The summed E-state index contributed by atoms with van der Waals surface area (Å²) in [6.07, 6.45) is 1.18. The van der Waals surface area contributed by atoms with Crippen molar-refractivity contribution in [3.63, 3.8) is 0 Å². The molecule has 33 heavy (non-hydrogen) atoms. The average molecular weight is 469 g/mol. The maximum absolute atomic E-state index is 11.0. The van der Waals surface area contributed by atoms with Gasteiger partial charge in [-0.3, -0.25) is 0 Å². The predicted molar refractivity (Wildman–Crippen MR) is 131 cm³/mol. The van der Waals surface area contributed by atoms with Crippen LogP contribution in [0.5, 0.6) is 0 Å². The van der Waals surface area contributed by atoms with Crippen LogP contribution in [0, 0.1) is 0 Å². The summed E-state index contributed by atoms with van der Waals surface area (Å²) < 4.78 is 25.9. The van der Waals surface area contributed by atoms with E-state index in [1.54, 1.807) is 0 Å². The molecular weight excluding hydrogens is 432 g/mol. The first-order chi connectivity index (χ1) is 15.7. The lowest BCUT2D eigenvalue weighted by Gasteiger charge is -2.43. The molecule has 0 radical (unpaired) electrons. The highest BCUT2D eigenvalue weighted by molar-refractivity contribution is 6.99. The maximum atomic E-state index is 11.0. The van der Waals surface area contributed by atoms with Crippen LogP contribution in [0.2, 0.25) is 5.04 Å². The third kappa shape index (κ3) is 4.73. The largest absolute Gasteiger partial charge is 0.405 e. The molecule has 6 heteroatoms. The number of hydrogen-bond donors (Lipinski definition) is 0. The Morgan fingerprint density at radius 3 is 1.91 bits per heavy atom. The first-order valence-corrected chi connectivity index (χ1v) is 13.8. The van der Waals surface area contributed by atoms with E-state index in [1.807, 2.05) is 26.0 Å². The molecule has 2 heterocycles. The zero-order valence-corrected chi connectivity index (χ0v) is 21.3. The molecule has 0 amide bonds. The number of carbonyl (C=O) groups excluding carboxylic acids is 1. The highest BCUT2D eigenvalue weighted by Crippen LogP contribution is 2.42. The van der Waals surface area contributed by atoms with E-state index in [9.17, 15) is 4.79 Å². The van der Waals surface area contributed by atoms with E-state index >= 15 is 0 Å². The van der Waals surface area contributed by atoms with Crippen LogP contribution in [0.4, 0.5) is 0 Å². The zero-order chi connectivity index (χ0) is 23.7. The summed E-state index contributed by atoms with van der Waals surface area (Å²) >= 11 is 0. The highest BCUT2D eigenvalue weighted by atomic mass is 28.4. The molecule has 2 aromatic carbocycles. The van der Waals surface area contributed by atoms with Crippen LogP contribution in [0.15, 0.2) is 60.7 Å². The summed E-state index contributed by atoms with van der Waals surface area (Å²) in [5.74, 6) is -0.672. The van der Waals surface area contributed by atoms with Crippen molar-refractivity contribution in [2.45, 2.75) is 82.7 Å². The van der Waals surface area contributed by atoms with Gasteiger partial charge in [0, 0.05) is 6.42 Å². The van der Waals surface area contributed by atoms with Gasteiger partial charge in [-0.15, -0.1) is 0 Å². The van der Waals surface area contributed by atoms with Crippen molar-refractivity contribution >= 4 is 25.0 Å². The van der Waals surface area contributed by atoms with E-state index in [4.69, 9.17) is 18.6 Å². The molecular formula is C27H36O5Si. The minimum absolute atomic E-state index is 0.114. The van der Waals surface area contributed by atoms with Gasteiger partial charge >= 0.3 is 0 Å². The molecule has 0 aliphatic carbocycles. The summed E-state index contributed by atoms with van der Waals surface area (Å²) in [4.78, 5) is 11.0. The summed E-state index contributed by atoms with van der Waals surface area (Å²) in [5, 5.41) is 2.36. The quantitative estimate of drug-likeness (QED) is 0.435. The molecule has 2 aromatic rings. The van der Waals surface area contributed by atoms with Crippen LogP contribution in [0.1, 0.15) is 47.5 Å². The lowest BCUT2D eigenvalue weighted by molar-refractivity contribution is -0.190. The number of carbonyl (C=O) groups is 1. The SMILES string of the molecule is CC1(C)O[C@@H]2[C@H](O1)[C@@H](CO[Si](c1ccccc1)(c1ccccc1)C(C)(C)C)O[C@H]2CCC=O. The van der Waals surface area contributed by atoms with Crippen molar-refractivity contribution in [3.05, 3.63) is 60.7 Å². The Kier molecular flexibility index (Phi) is 6.94. The number of benzene rings is 2. The molecule has 0 spiro atoms. The van der Waals surface area contributed by atoms with Crippen molar-refractivity contribution < 1.29 is 23.4 Å². The molecule has 5 nitrogen and oxygen atoms in total. The summed E-state index contributed by atoms with van der Waals surface area (Å²) in [5.41, 5.74) is 0. The highest BCUT2D eigenvalue weighted by Gasteiger charge is 2.56. The number of hydrogen-bond acceptors (Lipinski definition) is 5. The van der Waals surface area contributed by atoms with Crippen LogP contribution in [0.25, 0.3) is 0 Å². The van der Waals surface area contributed by atoms with Gasteiger partial charge in [0.1, 0.15) is 24.6 Å². The van der Waals surface area contributed by atoms with Gasteiger partial charge in [-0.05, 0) is 35.7 Å². The molecule has 0 unspecified atom stereocenters. The topological polar surface area (TPSA) is 54.0 Å². The fourth-order valence-electron chi connectivity index (χ4n) is 5.34. The molecule has 2 fully saturated rings. The Bertz CT molecular complexity index is 885. The number of aldehydes is 1.